The molecule has 0 aliphatic heterocycles. The van der Waals surface area contributed by atoms with E-state index < -0.39 is 6.17 Å². The minimum atomic E-state index is -0.838. The molecule has 64 valence electrons. The summed E-state index contributed by atoms with van der Waals surface area (Å²) in [6.07, 6.45) is 3.63. The molecular weight excluding hydrogens is 139 g/mol. The van der Waals surface area contributed by atoms with Gasteiger partial charge in [-0.15, -0.1) is 0 Å². The second-order valence-electron chi connectivity index (χ2n) is 2.85. The summed E-state index contributed by atoms with van der Waals surface area (Å²) in [4.78, 5) is 0. The first-order chi connectivity index (χ1) is 5.07. The Hall–Kier alpha value is -0.590. The fourth-order valence-corrected chi connectivity index (χ4v) is 0.698. The highest BCUT2D eigenvalue weighted by Crippen LogP contribution is 2.08. The molecular formula is C10H17F. The van der Waals surface area contributed by atoms with Crippen LogP contribution < -0.4 is 0 Å². The van der Waals surface area contributed by atoms with Gasteiger partial charge in [-0.25, -0.2) is 4.39 Å². The van der Waals surface area contributed by atoms with E-state index in [2.05, 4.69) is 13.8 Å². The lowest BCUT2D eigenvalue weighted by molar-refractivity contribution is 0.430. The van der Waals surface area contributed by atoms with E-state index in [1.54, 1.807) is 6.08 Å². The highest BCUT2D eigenvalue weighted by atomic mass is 19.1. The van der Waals surface area contributed by atoms with Gasteiger partial charge in [0.15, 0.2) is 0 Å². The zero-order valence-electron chi connectivity index (χ0n) is 7.82. The number of allylic oxidation sites excluding steroid dienone is 4. The van der Waals surface area contributed by atoms with Crippen molar-refractivity contribution in [3.63, 3.8) is 0 Å². The molecule has 0 spiro atoms. The summed E-state index contributed by atoms with van der Waals surface area (Å²) in [6, 6.07) is 0. The minimum Gasteiger partial charge on any atom is -0.243 e. The molecule has 0 amide bonds. The van der Waals surface area contributed by atoms with Crippen LogP contribution in [0, 0.1) is 0 Å². The van der Waals surface area contributed by atoms with E-state index in [0.717, 1.165) is 6.42 Å². The summed E-state index contributed by atoms with van der Waals surface area (Å²) < 4.78 is 12.3. The van der Waals surface area contributed by atoms with Gasteiger partial charge in [-0.1, -0.05) is 30.2 Å². The number of halogens is 1. The molecule has 0 saturated carbocycles. The molecule has 0 saturated heterocycles. The van der Waals surface area contributed by atoms with Gasteiger partial charge >= 0.3 is 0 Å². The van der Waals surface area contributed by atoms with Crippen molar-refractivity contribution in [3.05, 3.63) is 23.3 Å². The quantitative estimate of drug-likeness (QED) is 0.547. The van der Waals surface area contributed by atoms with Crippen LogP contribution in [0.5, 0.6) is 0 Å². The molecule has 0 nitrogen and oxygen atoms in total. The smallest absolute Gasteiger partial charge is 0.116 e. The summed E-state index contributed by atoms with van der Waals surface area (Å²) in [5.41, 5.74) is 2.50. The molecule has 0 rings (SSSR count). The zero-order chi connectivity index (χ0) is 8.85. The molecule has 0 fully saturated rings. The van der Waals surface area contributed by atoms with Gasteiger partial charge < -0.3 is 0 Å². The lowest BCUT2D eigenvalue weighted by Gasteiger charge is -1.99. The number of rotatable bonds is 3. The predicted octanol–water partition coefficient (Wildman–Crippen LogP) is 3.65. The Morgan fingerprint density at radius 3 is 2.36 bits per heavy atom. The van der Waals surface area contributed by atoms with Crippen molar-refractivity contribution >= 4 is 0 Å². The Morgan fingerprint density at radius 2 is 2.00 bits per heavy atom. The van der Waals surface area contributed by atoms with Crippen molar-refractivity contribution in [2.45, 2.75) is 40.3 Å². The van der Waals surface area contributed by atoms with Crippen LogP contribution in [0.4, 0.5) is 4.39 Å². The largest absolute Gasteiger partial charge is 0.243 e. The van der Waals surface area contributed by atoms with Gasteiger partial charge in [-0.2, -0.15) is 0 Å². The van der Waals surface area contributed by atoms with E-state index in [0.29, 0.717) is 0 Å². The number of hydrogen-bond acceptors (Lipinski definition) is 0. The zero-order valence-corrected chi connectivity index (χ0v) is 7.82. The van der Waals surface area contributed by atoms with Gasteiger partial charge in [0.05, 0.1) is 0 Å². The lowest BCUT2D eigenvalue weighted by atomic mass is 10.1. The lowest BCUT2D eigenvalue weighted by Crippen LogP contribution is -1.84. The van der Waals surface area contributed by atoms with E-state index in [4.69, 9.17) is 0 Å². The summed E-state index contributed by atoms with van der Waals surface area (Å²) in [5.74, 6) is 0. The molecule has 0 radical (unpaired) electrons. The first kappa shape index (κ1) is 10.4. The first-order valence-electron chi connectivity index (χ1n) is 4.06. The Bertz CT molecular complexity index is 164. The third-order valence-electron chi connectivity index (χ3n) is 1.81. The number of hydrogen-bond donors (Lipinski definition) is 0. The van der Waals surface area contributed by atoms with Gasteiger partial charge in [0, 0.05) is 0 Å². The van der Waals surface area contributed by atoms with Gasteiger partial charge in [0.1, 0.15) is 6.17 Å². The molecule has 0 aromatic carbocycles. The van der Waals surface area contributed by atoms with Crippen LogP contribution in [0.3, 0.4) is 0 Å². The van der Waals surface area contributed by atoms with Crippen molar-refractivity contribution in [1.29, 1.82) is 0 Å². The molecule has 0 aliphatic rings. The van der Waals surface area contributed by atoms with Gasteiger partial charge in [-0.3, -0.25) is 0 Å². The molecule has 0 heterocycles. The summed E-state index contributed by atoms with van der Waals surface area (Å²) in [6.45, 7) is 7.72. The van der Waals surface area contributed by atoms with Crippen LogP contribution in [-0.4, -0.2) is 6.17 Å². The van der Waals surface area contributed by atoms with Crippen molar-refractivity contribution in [1.82, 2.24) is 0 Å². The van der Waals surface area contributed by atoms with Crippen LogP contribution in [-0.2, 0) is 0 Å². The van der Waals surface area contributed by atoms with Gasteiger partial charge in [-0.05, 0) is 27.2 Å². The highest BCUT2D eigenvalue weighted by molar-refractivity contribution is 5.22. The first-order valence-corrected chi connectivity index (χ1v) is 4.06. The molecule has 1 atom stereocenters. The normalized spacial score (nSPS) is 16.8. The van der Waals surface area contributed by atoms with Crippen LogP contribution in [0.2, 0.25) is 0 Å². The van der Waals surface area contributed by atoms with E-state index in [1.165, 1.54) is 18.1 Å². The molecule has 11 heavy (non-hydrogen) atoms. The maximum atomic E-state index is 12.3. The summed E-state index contributed by atoms with van der Waals surface area (Å²) in [5, 5.41) is 0. The number of alkyl halides is 1. The van der Waals surface area contributed by atoms with Crippen molar-refractivity contribution in [2.24, 2.45) is 0 Å². The molecule has 1 heteroatoms. The fourth-order valence-electron chi connectivity index (χ4n) is 0.698. The molecule has 0 N–H and O–H groups in total. The SMILES string of the molecule is CC/C(C)=C(C)\C=C/C(C)F. The summed E-state index contributed by atoms with van der Waals surface area (Å²) >= 11 is 0. The van der Waals surface area contributed by atoms with E-state index in [-0.39, 0.29) is 0 Å². The Labute approximate surface area is 68.8 Å². The van der Waals surface area contributed by atoms with Crippen LogP contribution in [0.15, 0.2) is 23.3 Å². The topological polar surface area (TPSA) is 0 Å². The average molecular weight is 156 g/mol. The van der Waals surface area contributed by atoms with Crippen LogP contribution in [0.25, 0.3) is 0 Å². The highest BCUT2D eigenvalue weighted by Gasteiger charge is 1.91. The third-order valence-corrected chi connectivity index (χ3v) is 1.81. The second-order valence-corrected chi connectivity index (χ2v) is 2.85. The average Bonchev–Trinajstić information content (AvgIpc) is 1.98. The van der Waals surface area contributed by atoms with E-state index in [9.17, 15) is 4.39 Å². The minimum absolute atomic E-state index is 0.838. The van der Waals surface area contributed by atoms with E-state index in [1.807, 2.05) is 13.0 Å². The van der Waals surface area contributed by atoms with E-state index >= 15 is 0 Å². The van der Waals surface area contributed by atoms with Gasteiger partial charge in [0.2, 0.25) is 0 Å². The van der Waals surface area contributed by atoms with Gasteiger partial charge in [0.25, 0.3) is 0 Å². The standard InChI is InChI=1S/C10H17F/c1-5-8(2)9(3)6-7-10(4)11/h6-7,10H,5H2,1-4H3/b7-6-,9-8-. The monoisotopic (exact) mass is 156 g/mol. The Morgan fingerprint density at radius 1 is 1.45 bits per heavy atom. The molecule has 0 aliphatic carbocycles. The van der Waals surface area contributed by atoms with Crippen molar-refractivity contribution in [3.8, 4) is 0 Å². The van der Waals surface area contributed by atoms with Crippen LogP contribution in [0.1, 0.15) is 34.1 Å². The van der Waals surface area contributed by atoms with Crippen molar-refractivity contribution < 1.29 is 4.39 Å². The predicted molar refractivity (Wildman–Crippen MR) is 48.4 cm³/mol. The molecule has 0 bridgehead atoms. The second kappa shape index (κ2) is 5.11. The Kier molecular flexibility index (Phi) is 4.84. The summed E-state index contributed by atoms with van der Waals surface area (Å²) in [7, 11) is 0. The van der Waals surface area contributed by atoms with Crippen molar-refractivity contribution in [2.75, 3.05) is 0 Å². The Balaban J connectivity index is 4.15. The van der Waals surface area contributed by atoms with Crippen LogP contribution >= 0.6 is 0 Å². The third kappa shape index (κ3) is 4.77. The molecule has 0 aromatic heterocycles. The maximum absolute atomic E-state index is 12.3. The fraction of sp³-hybridized carbons (Fsp3) is 0.600. The molecule has 1 unspecified atom stereocenters. The maximum Gasteiger partial charge on any atom is 0.116 e. The molecule has 0 aromatic rings.